The quantitative estimate of drug-likeness (QED) is 0.230. The standard InChI is InChI=1S/C40H61NO6/c1-37-26-32(28-11-13-30(14-12-28)41-29-8-3-2-4-9-29)36-31(15-19-38(42)27-40(21-17-34(36)38)46-24-25-47-40)33(37)16-20-39(37,43)18-7-23-45-35-10-5-6-22-44-35/h28-33,35,41-43H,2-6,8-17,19-27H2,1H3. The summed E-state index contributed by atoms with van der Waals surface area (Å²) in [5, 5.41) is 29.0. The predicted molar refractivity (Wildman–Crippen MR) is 180 cm³/mol. The second kappa shape index (κ2) is 13.3. The van der Waals surface area contributed by atoms with Crippen LogP contribution in [-0.2, 0) is 18.9 Å². The molecule has 0 amide bonds. The molecule has 7 nitrogen and oxygen atoms in total. The second-order valence-electron chi connectivity index (χ2n) is 17.2. The molecule has 0 radical (unpaired) electrons. The highest BCUT2D eigenvalue weighted by Crippen LogP contribution is 2.67. The minimum absolute atomic E-state index is 0.161. The van der Waals surface area contributed by atoms with Crippen molar-refractivity contribution in [1.82, 2.24) is 5.32 Å². The number of rotatable bonds is 5. The first kappa shape index (κ1) is 33.2. The molecule has 7 fully saturated rings. The summed E-state index contributed by atoms with van der Waals surface area (Å²) >= 11 is 0. The van der Waals surface area contributed by atoms with Gasteiger partial charge in [-0.05, 0) is 126 Å². The number of ether oxygens (including phenoxy) is 4. The van der Waals surface area contributed by atoms with Gasteiger partial charge >= 0.3 is 0 Å². The fourth-order valence-corrected chi connectivity index (χ4v) is 12.2. The number of fused-ring (bicyclic) bond motifs is 4. The maximum absolute atomic E-state index is 12.5. The van der Waals surface area contributed by atoms with E-state index < -0.39 is 17.0 Å². The summed E-state index contributed by atoms with van der Waals surface area (Å²) in [6, 6.07) is 1.34. The van der Waals surface area contributed by atoms with Crippen LogP contribution in [0.5, 0.6) is 0 Å². The van der Waals surface area contributed by atoms with E-state index in [1.54, 1.807) is 5.57 Å². The SMILES string of the molecule is CC12CC(C3CCC(NC4CCCCC4)CC3)C3=C4CCC5(CC4(O)CCC3C1CCC2(O)C#CCOC1CCCCO1)OCCO5. The Labute approximate surface area is 283 Å². The first-order valence-electron chi connectivity index (χ1n) is 19.8. The van der Waals surface area contributed by atoms with Crippen molar-refractivity contribution in [2.24, 2.45) is 29.1 Å². The van der Waals surface area contributed by atoms with Crippen molar-refractivity contribution in [2.75, 3.05) is 26.4 Å². The first-order valence-corrected chi connectivity index (χ1v) is 19.8. The monoisotopic (exact) mass is 651 g/mol. The summed E-state index contributed by atoms with van der Waals surface area (Å²) in [5.41, 5.74) is 0.788. The van der Waals surface area contributed by atoms with E-state index in [4.69, 9.17) is 18.9 Å². The molecule has 2 saturated heterocycles. The lowest BCUT2D eigenvalue weighted by Gasteiger charge is -2.58. The van der Waals surface area contributed by atoms with E-state index in [1.165, 1.54) is 63.4 Å². The molecule has 8 rings (SSSR count). The highest BCUT2D eigenvalue weighted by atomic mass is 16.7. The molecule has 262 valence electrons. The predicted octanol–water partition coefficient (Wildman–Crippen LogP) is 6.55. The third-order valence-electron chi connectivity index (χ3n) is 14.6. The molecule has 0 aromatic carbocycles. The van der Waals surface area contributed by atoms with E-state index in [0.29, 0.717) is 62.0 Å². The summed E-state index contributed by atoms with van der Waals surface area (Å²) < 4.78 is 24.1. The van der Waals surface area contributed by atoms with Crippen LogP contribution in [0.15, 0.2) is 11.1 Å². The maximum atomic E-state index is 12.5. The minimum atomic E-state index is -1.02. The van der Waals surface area contributed by atoms with Gasteiger partial charge in [-0.2, -0.15) is 0 Å². The maximum Gasteiger partial charge on any atom is 0.171 e. The Morgan fingerprint density at radius 1 is 0.809 bits per heavy atom. The normalized spacial score (nSPS) is 45.2. The van der Waals surface area contributed by atoms with E-state index in [9.17, 15) is 10.2 Å². The number of aliphatic hydroxyl groups is 2. The van der Waals surface area contributed by atoms with Gasteiger partial charge in [0.25, 0.3) is 0 Å². The third kappa shape index (κ3) is 6.19. The molecule has 7 heteroatoms. The first-order chi connectivity index (χ1) is 22.8. The average Bonchev–Trinajstić information content (AvgIpc) is 3.64. The number of allylic oxidation sites excluding steroid dienone is 1. The van der Waals surface area contributed by atoms with Gasteiger partial charge in [-0.1, -0.05) is 43.6 Å². The molecule has 2 aliphatic heterocycles. The number of hydrogen-bond donors (Lipinski definition) is 3. The second-order valence-corrected chi connectivity index (χ2v) is 17.2. The molecule has 0 aromatic heterocycles. The molecule has 47 heavy (non-hydrogen) atoms. The lowest BCUT2D eigenvalue weighted by atomic mass is 9.48. The molecule has 8 aliphatic rings. The van der Waals surface area contributed by atoms with E-state index in [2.05, 4.69) is 24.1 Å². The molecule has 3 N–H and O–H groups in total. The van der Waals surface area contributed by atoms with Crippen molar-refractivity contribution in [3.05, 3.63) is 11.1 Å². The van der Waals surface area contributed by atoms with Gasteiger partial charge in [0.05, 0.1) is 18.8 Å². The Morgan fingerprint density at radius 2 is 1.57 bits per heavy atom. The number of hydrogen-bond acceptors (Lipinski definition) is 7. The van der Waals surface area contributed by atoms with Gasteiger partial charge in [0, 0.05) is 36.9 Å². The zero-order valence-electron chi connectivity index (χ0n) is 29.0. The summed E-state index contributed by atoms with van der Waals surface area (Å²) in [5.74, 6) is 7.85. The molecule has 0 bridgehead atoms. The summed E-state index contributed by atoms with van der Waals surface area (Å²) in [7, 11) is 0. The largest absolute Gasteiger partial charge is 0.385 e. The van der Waals surface area contributed by atoms with Crippen LogP contribution >= 0.6 is 0 Å². The zero-order chi connectivity index (χ0) is 32.1. The topological polar surface area (TPSA) is 89.4 Å². The van der Waals surface area contributed by atoms with Crippen LogP contribution < -0.4 is 5.32 Å². The van der Waals surface area contributed by atoms with Crippen LogP contribution in [0.4, 0.5) is 0 Å². The van der Waals surface area contributed by atoms with E-state index in [0.717, 1.165) is 70.8 Å². The molecule has 5 saturated carbocycles. The van der Waals surface area contributed by atoms with Crippen LogP contribution in [0.1, 0.15) is 135 Å². The van der Waals surface area contributed by atoms with Crippen LogP contribution in [0.25, 0.3) is 0 Å². The summed E-state index contributed by atoms with van der Waals surface area (Å²) in [4.78, 5) is 0. The Kier molecular flexibility index (Phi) is 9.38. The van der Waals surface area contributed by atoms with Gasteiger partial charge in [0.2, 0.25) is 0 Å². The molecule has 2 heterocycles. The summed E-state index contributed by atoms with van der Waals surface area (Å²) in [6.45, 7) is 4.70. The molecule has 6 aliphatic carbocycles. The van der Waals surface area contributed by atoms with Crippen LogP contribution in [0, 0.1) is 40.9 Å². The molecule has 0 aromatic rings. The van der Waals surface area contributed by atoms with Gasteiger partial charge < -0.3 is 34.5 Å². The van der Waals surface area contributed by atoms with E-state index in [1.807, 2.05) is 0 Å². The summed E-state index contributed by atoms with van der Waals surface area (Å²) in [6.07, 6.45) is 21.5. The molecular formula is C40H61NO6. The smallest absolute Gasteiger partial charge is 0.171 e. The number of nitrogens with one attached hydrogen (secondary N) is 1. The lowest BCUT2D eigenvalue weighted by Crippen LogP contribution is -2.56. The van der Waals surface area contributed by atoms with Crippen molar-refractivity contribution in [1.29, 1.82) is 0 Å². The van der Waals surface area contributed by atoms with E-state index >= 15 is 0 Å². The Bertz CT molecular complexity index is 1210. The fourth-order valence-electron chi connectivity index (χ4n) is 12.2. The molecule has 7 atom stereocenters. The molecular weight excluding hydrogens is 590 g/mol. The van der Waals surface area contributed by atoms with Crippen molar-refractivity contribution < 1.29 is 29.2 Å². The Hall–Kier alpha value is -0.980. The Balaban J connectivity index is 1.06. The highest BCUT2D eigenvalue weighted by Gasteiger charge is 2.65. The molecule has 7 unspecified atom stereocenters. The molecule has 1 spiro atoms. The fraction of sp³-hybridized carbons (Fsp3) is 0.900. The minimum Gasteiger partial charge on any atom is -0.385 e. The van der Waals surface area contributed by atoms with Crippen molar-refractivity contribution >= 4 is 0 Å². The van der Waals surface area contributed by atoms with Crippen molar-refractivity contribution in [3.8, 4) is 11.8 Å². The van der Waals surface area contributed by atoms with Crippen molar-refractivity contribution in [2.45, 2.75) is 171 Å². The zero-order valence-corrected chi connectivity index (χ0v) is 29.0. The van der Waals surface area contributed by atoms with Gasteiger partial charge in [-0.25, -0.2) is 0 Å². The van der Waals surface area contributed by atoms with Gasteiger partial charge in [0.15, 0.2) is 12.1 Å². The third-order valence-corrected chi connectivity index (χ3v) is 14.6. The van der Waals surface area contributed by atoms with E-state index in [-0.39, 0.29) is 11.7 Å². The van der Waals surface area contributed by atoms with Gasteiger partial charge in [-0.15, -0.1) is 0 Å². The van der Waals surface area contributed by atoms with Gasteiger partial charge in [-0.3, -0.25) is 0 Å². The van der Waals surface area contributed by atoms with Crippen molar-refractivity contribution in [3.63, 3.8) is 0 Å². The van der Waals surface area contributed by atoms with Crippen LogP contribution in [0.2, 0.25) is 0 Å². The van der Waals surface area contributed by atoms with Crippen LogP contribution in [-0.4, -0.2) is 72.0 Å². The Morgan fingerprint density at radius 3 is 2.34 bits per heavy atom. The average molecular weight is 652 g/mol. The highest BCUT2D eigenvalue weighted by molar-refractivity contribution is 5.39. The van der Waals surface area contributed by atoms with Crippen LogP contribution in [0.3, 0.4) is 0 Å². The lowest BCUT2D eigenvalue weighted by molar-refractivity contribution is -0.208. The van der Waals surface area contributed by atoms with Gasteiger partial charge in [0.1, 0.15) is 12.2 Å².